The van der Waals surface area contributed by atoms with E-state index in [0.29, 0.717) is 18.3 Å². The van der Waals surface area contributed by atoms with Crippen molar-refractivity contribution in [2.75, 3.05) is 11.9 Å². The number of nitrogens with two attached hydrogens (primary N) is 1. The molecular formula is C12H18N4O2. The summed E-state index contributed by atoms with van der Waals surface area (Å²) in [5.41, 5.74) is 5.79. The number of aromatic nitrogens is 1. The molecule has 0 amide bonds. The van der Waals surface area contributed by atoms with Gasteiger partial charge in [-0.25, -0.2) is 4.98 Å². The number of hydrogen-bond donors (Lipinski definition) is 2. The van der Waals surface area contributed by atoms with Gasteiger partial charge in [0.25, 0.3) is 5.69 Å². The maximum atomic E-state index is 10.5. The number of rotatable bonds is 5. The van der Waals surface area contributed by atoms with Crippen molar-refractivity contribution in [3.05, 3.63) is 28.4 Å². The summed E-state index contributed by atoms with van der Waals surface area (Å²) in [5.74, 6) is 1.25. The van der Waals surface area contributed by atoms with Crippen molar-refractivity contribution in [2.24, 2.45) is 11.7 Å². The number of nitrogens with one attached hydrogen (secondary N) is 1. The van der Waals surface area contributed by atoms with Crippen LogP contribution in [-0.4, -0.2) is 22.5 Å². The number of anilines is 1. The Morgan fingerprint density at radius 1 is 1.50 bits per heavy atom. The van der Waals surface area contributed by atoms with Crippen molar-refractivity contribution in [1.29, 1.82) is 0 Å². The van der Waals surface area contributed by atoms with Crippen molar-refractivity contribution in [1.82, 2.24) is 4.98 Å². The maximum Gasteiger partial charge on any atom is 0.287 e. The van der Waals surface area contributed by atoms with Crippen LogP contribution in [0.3, 0.4) is 0 Å². The van der Waals surface area contributed by atoms with Crippen LogP contribution in [0.15, 0.2) is 18.3 Å². The van der Waals surface area contributed by atoms with Gasteiger partial charge in [-0.15, -0.1) is 0 Å². The molecule has 0 spiro atoms. The topological polar surface area (TPSA) is 94.1 Å². The molecule has 0 bridgehead atoms. The molecule has 1 fully saturated rings. The van der Waals surface area contributed by atoms with Crippen LogP contribution in [0.5, 0.6) is 0 Å². The zero-order valence-electron chi connectivity index (χ0n) is 10.2. The summed E-state index contributed by atoms with van der Waals surface area (Å²) in [6, 6.07) is 3.30. The Morgan fingerprint density at radius 3 is 2.72 bits per heavy atom. The molecule has 0 saturated heterocycles. The molecule has 1 atom stereocenters. The quantitative estimate of drug-likeness (QED) is 0.615. The number of hydrogen-bond acceptors (Lipinski definition) is 5. The van der Waals surface area contributed by atoms with Crippen molar-refractivity contribution >= 4 is 11.5 Å². The minimum Gasteiger partial charge on any atom is -0.366 e. The van der Waals surface area contributed by atoms with Crippen molar-refractivity contribution in [2.45, 2.75) is 31.7 Å². The lowest BCUT2D eigenvalue weighted by molar-refractivity contribution is -0.385. The fraction of sp³-hybridized carbons (Fsp3) is 0.583. The lowest BCUT2D eigenvalue weighted by Crippen LogP contribution is -2.35. The lowest BCUT2D eigenvalue weighted by Gasteiger charge is -2.23. The van der Waals surface area contributed by atoms with E-state index in [1.807, 2.05) is 0 Å². The lowest BCUT2D eigenvalue weighted by atomic mass is 9.98. The largest absolute Gasteiger partial charge is 0.366 e. The van der Waals surface area contributed by atoms with E-state index < -0.39 is 4.92 Å². The molecule has 6 heteroatoms. The van der Waals surface area contributed by atoms with E-state index in [4.69, 9.17) is 5.73 Å². The first kappa shape index (κ1) is 12.8. The van der Waals surface area contributed by atoms with E-state index in [2.05, 4.69) is 10.3 Å². The van der Waals surface area contributed by atoms with Gasteiger partial charge in [0, 0.05) is 18.7 Å². The van der Waals surface area contributed by atoms with Crippen LogP contribution in [-0.2, 0) is 0 Å². The average Bonchev–Trinajstić information content (AvgIpc) is 2.90. The minimum atomic E-state index is -0.450. The Hall–Kier alpha value is -1.69. The van der Waals surface area contributed by atoms with Crippen LogP contribution in [0, 0.1) is 16.0 Å². The Labute approximate surface area is 106 Å². The molecule has 1 saturated carbocycles. The summed E-state index contributed by atoms with van der Waals surface area (Å²) in [4.78, 5) is 14.1. The predicted octanol–water partition coefficient (Wildman–Crippen LogP) is 1.92. The smallest absolute Gasteiger partial charge is 0.287 e. The Kier molecular flexibility index (Phi) is 4.09. The van der Waals surface area contributed by atoms with E-state index in [0.717, 1.165) is 0 Å². The molecule has 2 rings (SSSR count). The van der Waals surface area contributed by atoms with Crippen molar-refractivity contribution in [3.63, 3.8) is 0 Å². The van der Waals surface area contributed by atoms with Crippen LogP contribution < -0.4 is 11.1 Å². The SMILES string of the molecule is NCC(Nc1ccc([N+](=O)[O-])cn1)C1CCCC1. The zero-order chi connectivity index (χ0) is 13.0. The third-order valence-electron chi connectivity index (χ3n) is 3.51. The molecule has 1 unspecified atom stereocenters. The van der Waals surface area contributed by atoms with Gasteiger partial charge < -0.3 is 11.1 Å². The van der Waals surface area contributed by atoms with Gasteiger partial charge in [0.2, 0.25) is 0 Å². The third kappa shape index (κ3) is 2.95. The predicted molar refractivity (Wildman–Crippen MR) is 69.3 cm³/mol. The standard InChI is InChI=1S/C12H18N4O2/c13-7-11(9-3-1-2-4-9)15-12-6-5-10(8-14-12)16(17)18/h5-6,8-9,11H,1-4,7,13H2,(H,14,15). The summed E-state index contributed by atoms with van der Waals surface area (Å²) in [6.07, 6.45) is 6.18. The minimum absolute atomic E-state index is 0.00529. The van der Waals surface area contributed by atoms with E-state index in [9.17, 15) is 10.1 Å². The molecule has 1 heterocycles. The molecule has 0 aliphatic heterocycles. The molecule has 1 aliphatic carbocycles. The highest BCUT2D eigenvalue weighted by atomic mass is 16.6. The van der Waals surface area contributed by atoms with Gasteiger partial charge in [0.1, 0.15) is 12.0 Å². The van der Waals surface area contributed by atoms with Crippen molar-refractivity contribution in [3.8, 4) is 0 Å². The molecule has 0 aromatic carbocycles. The van der Waals surface area contributed by atoms with Crippen LogP contribution >= 0.6 is 0 Å². The van der Waals surface area contributed by atoms with Gasteiger partial charge in [-0.2, -0.15) is 0 Å². The molecule has 98 valence electrons. The van der Waals surface area contributed by atoms with E-state index >= 15 is 0 Å². The van der Waals surface area contributed by atoms with Gasteiger partial charge in [0.05, 0.1) is 4.92 Å². The highest BCUT2D eigenvalue weighted by molar-refractivity contribution is 5.41. The molecule has 18 heavy (non-hydrogen) atoms. The molecule has 1 aromatic heterocycles. The Morgan fingerprint density at radius 2 is 2.22 bits per heavy atom. The van der Waals surface area contributed by atoms with Crippen LogP contribution in [0.25, 0.3) is 0 Å². The van der Waals surface area contributed by atoms with Crippen LogP contribution in [0.4, 0.5) is 11.5 Å². The summed E-state index contributed by atoms with van der Waals surface area (Å²) in [6.45, 7) is 0.559. The summed E-state index contributed by atoms with van der Waals surface area (Å²) >= 11 is 0. The van der Waals surface area contributed by atoms with Gasteiger partial charge >= 0.3 is 0 Å². The third-order valence-corrected chi connectivity index (χ3v) is 3.51. The molecular weight excluding hydrogens is 232 g/mol. The maximum absolute atomic E-state index is 10.5. The van der Waals surface area contributed by atoms with E-state index in [-0.39, 0.29) is 11.7 Å². The fourth-order valence-electron chi connectivity index (χ4n) is 2.50. The van der Waals surface area contributed by atoms with E-state index in [1.165, 1.54) is 37.9 Å². The highest BCUT2D eigenvalue weighted by Crippen LogP contribution is 2.28. The molecule has 6 nitrogen and oxygen atoms in total. The molecule has 0 radical (unpaired) electrons. The van der Waals surface area contributed by atoms with Gasteiger partial charge in [0.15, 0.2) is 0 Å². The first-order valence-corrected chi connectivity index (χ1v) is 6.27. The first-order valence-electron chi connectivity index (χ1n) is 6.27. The monoisotopic (exact) mass is 250 g/mol. The fourth-order valence-corrected chi connectivity index (χ4v) is 2.50. The number of nitro groups is 1. The van der Waals surface area contributed by atoms with Gasteiger partial charge in [-0.1, -0.05) is 12.8 Å². The van der Waals surface area contributed by atoms with Crippen LogP contribution in [0.2, 0.25) is 0 Å². The molecule has 1 aromatic rings. The Bertz CT molecular complexity index is 401. The normalized spacial score (nSPS) is 17.6. The number of nitrogens with zero attached hydrogens (tertiary/aromatic N) is 2. The molecule has 3 N–H and O–H groups in total. The van der Waals surface area contributed by atoms with Crippen LogP contribution in [0.1, 0.15) is 25.7 Å². The van der Waals surface area contributed by atoms with E-state index in [1.54, 1.807) is 6.07 Å². The molecule has 1 aliphatic rings. The second-order valence-corrected chi connectivity index (χ2v) is 4.69. The zero-order valence-corrected chi connectivity index (χ0v) is 10.2. The second-order valence-electron chi connectivity index (χ2n) is 4.69. The second kappa shape index (κ2) is 5.77. The summed E-state index contributed by atoms with van der Waals surface area (Å²) in [5, 5.41) is 13.8. The number of pyridine rings is 1. The summed E-state index contributed by atoms with van der Waals surface area (Å²) in [7, 11) is 0. The summed E-state index contributed by atoms with van der Waals surface area (Å²) < 4.78 is 0. The highest BCUT2D eigenvalue weighted by Gasteiger charge is 2.24. The van der Waals surface area contributed by atoms with Gasteiger partial charge in [-0.05, 0) is 24.8 Å². The average molecular weight is 250 g/mol. The van der Waals surface area contributed by atoms with Gasteiger partial charge in [-0.3, -0.25) is 10.1 Å². The Balaban J connectivity index is 2.00. The van der Waals surface area contributed by atoms with Crippen molar-refractivity contribution < 1.29 is 4.92 Å². The first-order chi connectivity index (χ1) is 8.70.